The van der Waals surface area contributed by atoms with Crippen LogP contribution in [-0.2, 0) is 6.42 Å². The van der Waals surface area contributed by atoms with Crippen LogP contribution >= 0.6 is 0 Å². The number of rotatable bonds is 6. The molecule has 0 radical (unpaired) electrons. The van der Waals surface area contributed by atoms with Crippen LogP contribution in [0.25, 0.3) is 22.7 Å². The first-order chi connectivity index (χ1) is 27.8. The zero-order valence-electron chi connectivity index (χ0n) is 31.2. The molecule has 11 rings (SSSR count). The van der Waals surface area contributed by atoms with Gasteiger partial charge < -0.3 is 9.47 Å². The Kier molecular flexibility index (Phi) is 8.01. The number of nitrogens with zero attached hydrogens (tertiary/aromatic N) is 4. The number of benzene rings is 5. The van der Waals surface area contributed by atoms with Crippen LogP contribution in [0.15, 0.2) is 203 Å². The lowest BCUT2D eigenvalue weighted by Crippen LogP contribution is -2.31. The monoisotopic (exact) mass is 722 g/mol. The summed E-state index contributed by atoms with van der Waals surface area (Å²) in [6.45, 7) is 0. The molecule has 2 aliphatic heterocycles. The van der Waals surface area contributed by atoms with Crippen molar-refractivity contribution in [3.8, 4) is 5.69 Å². The van der Waals surface area contributed by atoms with Crippen LogP contribution in [0.2, 0.25) is 0 Å². The van der Waals surface area contributed by atoms with Crippen molar-refractivity contribution in [3.63, 3.8) is 0 Å². The van der Waals surface area contributed by atoms with E-state index < -0.39 is 0 Å². The van der Waals surface area contributed by atoms with Crippen LogP contribution in [0.3, 0.4) is 0 Å². The van der Waals surface area contributed by atoms with Gasteiger partial charge in [0, 0.05) is 52.0 Å². The number of aromatic nitrogens is 1. The minimum Gasteiger partial charge on any atom is -0.337 e. The normalized spacial score (nSPS) is 22.4. The highest BCUT2D eigenvalue weighted by Crippen LogP contribution is 2.49. The summed E-state index contributed by atoms with van der Waals surface area (Å²) in [7, 11) is 0. The van der Waals surface area contributed by atoms with Crippen LogP contribution in [0.5, 0.6) is 0 Å². The second-order valence-electron chi connectivity index (χ2n) is 15.5. The van der Waals surface area contributed by atoms with Gasteiger partial charge in [-0.3, -0.25) is 9.98 Å². The van der Waals surface area contributed by atoms with Gasteiger partial charge in [0.1, 0.15) is 0 Å². The van der Waals surface area contributed by atoms with Crippen LogP contribution in [0.1, 0.15) is 53.4 Å². The topological polar surface area (TPSA) is 32.9 Å². The van der Waals surface area contributed by atoms with Crippen molar-refractivity contribution in [3.05, 3.63) is 221 Å². The highest BCUT2D eigenvalue weighted by molar-refractivity contribution is 6.19. The van der Waals surface area contributed by atoms with Gasteiger partial charge in [0.05, 0.1) is 23.0 Å². The molecule has 4 atom stereocenters. The second kappa shape index (κ2) is 13.6. The Hall–Kier alpha value is -6.52. The number of aliphatic imine (C=N–C) groups is 2. The van der Waals surface area contributed by atoms with Crippen molar-refractivity contribution in [2.24, 2.45) is 21.8 Å². The number of fused-ring (bicyclic) bond motifs is 6. The SMILES string of the molecule is C1=CCC2C(=C1)N(c1ccccc1)C1C=C(C3=Cc4c(n(-c5ccc(C6=NC(c7ccccc7)N=C(c7ccccc7)C6)cc5)c5ccccc45)CC3)C=CC21. The van der Waals surface area contributed by atoms with Gasteiger partial charge in [0.25, 0.3) is 0 Å². The van der Waals surface area contributed by atoms with Gasteiger partial charge in [-0.05, 0) is 89.6 Å². The van der Waals surface area contributed by atoms with Gasteiger partial charge in [-0.1, -0.05) is 140 Å². The van der Waals surface area contributed by atoms with E-state index in [9.17, 15) is 0 Å². The molecule has 5 aromatic carbocycles. The Morgan fingerprint density at radius 2 is 1.34 bits per heavy atom. The molecule has 0 bridgehead atoms. The van der Waals surface area contributed by atoms with Gasteiger partial charge in [-0.25, -0.2) is 0 Å². The van der Waals surface area contributed by atoms with E-state index in [0.29, 0.717) is 24.3 Å². The molecule has 3 heterocycles. The average molecular weight is 723 g/mol. The number of hydrogen-bond acceptors (Lipinski definition) is 3. The summed E-state index contributed by atoms with van der Waals surface area (Å²) in [6.07, 6.45) is 20.4. The van der Waals surface area contributed by atoms with Crippen molar-refractivity contribution in [2.75, 3.05) is 4.90 Å². The zero-order chi connectivity index (χ0) is 37.0. The lowest BCUT2D eigenvalue weighted by molar-refractivity contribution is 0.490. The molecule has 0 N–H and O–H groups in total. The van der Waals surface area contributed by atoms with Crippen molar-refractivity contribution >= 4 is 34.1 Å². The van der Waals surface area contributed by atoms with Gasteiger partial charge in [-0.15, -0.1) is 0 Å². The highest BCUT2D eigenvalue weighted by atomic mass is 15.2. The maximum absolute atomic E-state index is 5.22. The fraction of sp³-hybridized carbons (Fsp3) is 0.154. The molecular formula is C52H42N4. The first-order valence-corrected chi connectivity index (χ1v) is 20.1. The largest absolute Gasteiger partial charge is 0.337 e. The lowest BCUT2D eigenvalue weighted by Gasteiger charge is -2.30. The van der Waals surface area contributed by atoms with Crippen LogP contribution in [-0.4, -0.2) is 22.0 Å². The summed E-state index contributed by atoms with van der Waals surface area (Å²) in [4.78, 5) is 13.0. The van der Waals surface area contributed by atoms with Crippen LogP contribution in [0.4, 0.5) is 5.69 Å². The third-order valence-electron chi connectivity index (χ3n) is 12.4. The molecule has 1 saturated heterocycles. The van der Waals surface area contributed by atoms with Crippen molar-refractivity contribution in [2.45, 2.75) is 37.9 Å². The summed E-state index contributed by atoms with van der Waals surface area (Å²) >= 11 is 0. The van der Waals surface area contributed by atoms with E-state index in [1.807, 2.05) is 6.07 Å². The maximum Gasteiger partial charge on any atom is 0.165 e. The number of hydrogen-bond donors (Lipinski definition) is 0. The van der Waals surface area contributed by atoms with E-state index in [1.54, 1.807) is 0 Å². The van der Waals surface area contributed by atoms with Gasteiger partial charge >= 0.3 is 0 Å². The average Bonchev–Trinajstić information content (AvgIpc) is 3.79. The van der Waals surface area contributed by atoms with E-state index in [4.69, 9.17) is 9.98 Å². The summed E-state index contributed by atoms with van der Waals surface area (Å²) in [5, 5.41) is 1.31. The minimum atomic E-state index is -0.260. The predicted molar refractivity (Wildman–Crippen MR) is 232 cm³/mol. The molecule has 3 aliphatic carbocycles. The highest BCUT2D eigenvalue weighted by Gasteiger charge is 2.44. The molecule has 0 amide bonds. The molecule has 6 aromatic rings. The van der Waals surface area contributed by atoms with Crippen LogP contribution in [0, 0.1) is 11.8 Å². The van der Waals surface area contributed by atoms with Gasteiger partial charge in [0.15, 0.2) is 6.17 Å². The smallest absolute Gasteiger partial charge is 0.165 e. The van der Waals surface area contributed by atoms with Gasteiger partial charge in [-0.2, -0.15) is 0 Å². The van der Waals surface area contributed by atoms with Gasteiger partial charge in [0.2, 0.25) is 0 Å². The quantitative estimate of drug-likeness (QED) is 0.168. The number of para-hydroxylation sites is 2. The predicted octanol–water partition coefficient (Wildman–Crippen LogP) is 11.8. The molecule has 270 valence electrons. The summed E-state index contributed by atoms with van der Waals surface area (Å²) in [6, 6.07) is 50.2. The fourth-order valence-electron chi connectivity index (χ4n) is 9.73. The number of anilines is 1. The van der Waals surface area contributed by atoms with E-state index in [0.717, 1.165) is 47.4 Å². The first kappa shape index (κ1) is 32.9. The molecule has 4 nitrogen and oxygen atoms in total. The molecule has 4 heteroatoms. The third kappa shape index (κ3) is 5.59. The molecule has 0 saturated carbocycles. The maximum atomic E-state index is 5.22. The van der Waals surface area contributed by atoms with E-state index in [-0.39, 0.29) is 6.17 Å². The fourth-order valence-corrected chi connectivity index (χ4v) is 9.73. The molecule has 56 heavy (non-hydrogen) atoms. The second-order valence-corrected chi connectivity index (χ2v) is 15.5. The Bertz CT molecular complexity index is 2690. The van der Waals surface area contributed by atoms with Crippen molar-refractivity contribution in [1.82, 2.24) is 4.57 Å². The standard InChI is InChI=1S/C52H42N4/c1-4-14-35(15-5-1)46-34-47(54-52(53-46)37-16-6-2-7-17-37)36-24-28-41(29-25-36)55-49-23-13-11-21-43(49)45-32-38(27-31-50(45)55)39-26-30-44-42-20-10-12-22-48(42)56(51(44)33-39)40-18-8-3-9-19-40/h1-19,21-26,28-30,32-33,42,44,51-52H,20,27,31,34H2. The molecule has 5 aliphatic rings. The third-order valence-corrected chi connectivity index (χ3v) is 12.4. The Morgan fingerprint density at radius 1 is 0.643 bits per heavy atom. The molecule has 0 spiro atoms. The van der Waals surface area contributed by atoms with Crippen molar-refractivity contribution < 1.29 is 0 Å². The van der Waals surface area contributed by atoms with Crippen LogP contribution < -0.4 is 4.90 Å². The molecular weight excluding hydrogens is 681 g/mol. The van der Waals surface area contributed by atoms with E-state index in [2.05, 4.69) is 185 Å². The zero-order valence-corrected chi connectivity index (χ0v) is 31.2. The Morgan fingerprint density at radius 3 is 2.12 bits per heavy atom. The Balaban J connectivity index is 0.936. The molecule has 4 unspecified atom stereocenters. The summed E-state index contributed by atoms with van der Waals surface area (Å²) in [5.41, 5.74) is 16.2. The molecule has 1 aromatic heterocycles. The lowest BCUT2D eigenvalue weighted by atomic mass is 9.79. The van der Waals surface area contributed by atoms with E-state index in [1.165, 1.54) is 50.4 Å². The van der Waals surface area contributed by atoms with E-state index >= 15 is 0 Å². The summed E-state index contributed by atoms with van der Waals surface area (Å²) in [5.74, 6) is 0.992. The first-order valence-electron chi connectivity index (χ1n) is 20.1. The van der Waals surface area contributed by atoms with Crippen molar-refractivity contribution in [1.29, 1.82) is 0 Å². The minimum absolute atomic E-state index is 0.260. The summed E-state index contributed by atoms with van der Waals surface area (Å²) < 4.78 is 2.49. The Labute approximate surface area is 328 Å². The molecule has 1 fully saturated rings. The number of allylic oxidation sites excluding steroid dienone is 7.